The summed E-state index contributed by atoms with van der Waals surface area (Å²) in [5.74, 6) is -0.650. The molecule has 2 heterocycles. The highest BCUT2D eigenvalue weighted by Crippen LogP contribution is 2.34. The molecule has 2 aromatic heterocycles. The lowest BCUT2D eigenvalue weighted by molar-refractivity contribution is 0.146. The predicted molar refractivity (Wildman–Crippen MR) is 99.2 cm³/mol. The number of halogens is 4. The maximum Gasteiger partial charge on any atom is 0.266 e. The van der Waals surface area contributed by atoms with E-state index >= 15 is 0 Å². The minimum Gasteiger partial charge on any atom is -0.479 e. The second kappa shape index (κ2) is 7.60. The van der Waals surface area contributed by atoms with Crippen LogP contribution in [-0.2, 0) is 0 Å². The van der Waals surface area contributed by atoms with Crippen molar-refractivity contribution in [1.82, 2.24) is 9.97 Å². The Morgan fingerprint density at radius 3 is 2.52 bits per heavy atom. The molecule has 0 aliphatic carbocycles. The number of anilines is 1. The van der Waals surface area contributed by atoms with E-state index in [2.05, 4.69) is 15.3 Å². The van der Waals surface area contributed by atoms with E-state index in [1.165, 1.54) is 19.2 Å². The average Bonchev–Trinajstić information content (AvgIpc) is 2.61. The molecule has 4 nitrogen and oxygen atoms in total. The van der Waals surface area contributed by atoms with Gasteiger partial charge < -0.3 is 10.1 Å². The van der Waals surface area contributed by atoms with Crippen LogP contribution in [0.2, 0.25) is 5.15 Å². The summed E-state index contributed by atoms with van der Waals surface area (Å²) in [5, 5.41) is 4.01. The van der Waals surface area contributed by atoms with Crippen LogP contribution in [-0.4, -0.2) is 17.1 Å². The second-order valence-electron chi connectivity index (χ2n) is 6.08. The summed E-state index contributed by atoms with van der Waals surface area (Å²) in [6, 6.07) is 6.78. The van der Waals surface area contributed by atoms with Gasteiger partial charge in [0.1, 0.15) is 16.5 Å². The van der Waals surface area contributed by atoms with E-state index in [0.29, 0.717) is 22.3 Å². The molecular weight excluding hydrogens is 379 g/mol. The van der Waals surface area contributed by atoms with Crippen molar-refractivity contribution < 1.29 is 17.9 Å². The van der Waals surface area contributed by atoms with E-state index in [1.54, 1.807) is 26.0 Å². The van der Waals surface area contributed by atoms with Gasteiger partial charge in [0.05, 0.1) is 18.7 Å². The predicted octanol–water partition coefficient (Wildman–Crippen LogP) is 5.85. The molecular formula is C19H17ClF3N3O. The van der Waals surface area contributed by atoms with Crippen molar-refractivity contribution in [1.29, 1.82) is 0 Å². The van der Waals surface area contributed by atoms with Crippen LogP contribution in [0.4, 0.5) is 18.9 Å². The first kappa shape index (κ1) is 19.2. The van der Waals surface area contributed by atoms with Crippen LogP contribution in [0.3, 0.4) is 0 Å². The molecule has 1 atom stereocenters. The number of ether oxygens (including phenoxy) is 1. The molecule has 1 aromatic carbocycles. The van der Waals surface area contributed by atoms with Crippen LogP contribution in [0.5, 0.6) is 5.88 Å². The zero-order valence-electron chi connectivity index (χ0n) is 14.9. The summed E-state index contributed by atoms with van der Waals surface area (Å²) in [5.41, 5.74) is 1.32. The lowest BCUT2D eigenvalue weighted by atomic mass is 10.0. The number of benzene rings is 1. The summed E-state index contributed by atoms with van der Waals surface area (Å²) in [6.07, 6.45) is -2.88. The van der Waals surface area contributed by atoms with E-state index in [-0.39, 0.29) is 16.6 Å². The van der Waals surface area contributed by atoms with Crippen LogP contribution < -0.4 is 10.1 Å². The molecule has 3 aromatic rings. The van der Waals surface area contributed by atoms with Crippen molar-refractivity contribution in [2.45, 2.75) is 26.3 Å². The number of aryl methyl sites for hydroxylation is 1. The molecule has 0 unspecified atom stereocenters. The monoisotopic (exact) mass is 395 g/mol. The third-order valence-electron chi connectivity index (χ3n) is 4.19. The smallest absolute Gasteiger partial charge is 0.266 e. The summed E-state index contributed by atoms with van der Waals surface area (Å²) in [4.78, 5) is 8.52. The van der Waals surface area contributed by atoms with Crippen molar-refractivity contribution in [3.05, 3.63) is 58.1 Å². The number of pyridine rings is 2. The lowest BCUT2D eigenvalue weighted by Gasteiger charge is -2.20. The number of nitrogens with zero attached hydrogens (tertiary/aromatic N) is 2. The number of fused-ring (bicyclic) bond motifs is 1. The van der Waals surface area contributed by atoms with Gasteiger partial charge in [0.25, 0.3) is 6.43 Å². The Kier molecular flexibility index (Phi) is 5.41. The second-order valence-corrected chi connectivity index (χ2v) is 6.47. The van der Waals surface area contributed by atoms with Crippen LogP contribution in [0.1, 0.15) is 36.2 Å². The van der Waals surface area contributed by atoms with Crippen LogP contribution in [0.25, 0.3) is 10.9 Å². The highest BCUT2D eigenvalue weighted by atomic mass is 35.5. The van der Waals surface area contributed by atoms with Crippen molar-refractivity contribution >= 4 is 28.2 Å². The van der Waals surface area contributed by atoms with E-state index in [4.69, 9.17) is 16.3 Å². The van der Waals surface area contributed by atoms with Crippen molar-refractivity contribution in [2.24, 2.45) is 0 Å². The van der Waals surface area contributed by atoms with Crippen molar-refractivity contribution in [3.8, 4) is 5.88 Å². The molecule has 3 rings (SSSR count). The highest BCUT2D eigenvalue weighted by Gasteiger charge is 2.20. The lowest BCUT2D eigenvalue weighted by Crippen LogP contribution is -2.11. The maximum atomic E-state index is 14.5. The Morgan fingerprint density at radius 2 is 1.85 bits per heavy atom. The third kappa shape index (κ3) is 3.78. The van der Waals surface area contributed by atoms with Gasteiger partial charge in [-0.15, -0.1) is 0 Å². The molecule has 0 aliphatic heterocycles. The summed E-state index contributed by atoms with van der Waals surface area (Å²) in [7, 11) is 1.46. The highest BCUT2D eigenvalue weighted by molar-refractivity contribution is 6.30. The van der Waals surface area contributed by atoms with Gasteiger partial charge in [-0.25, -0.2) is 18.2 Å². The SMILES string of the molecule is COc1nc(Cl)cc2c(N[C@H](C)c3cccc(C(F)F)c3F)cc(C)nc12. The molecule has 0 saturated heterocycles. The van der Waals surface area contributed by atoms with Gasteiger partial charge >= 0.3 is 0 Å². The van der Waals surface area contributed by atoms with Gasteiger partial charge in [-0.1, -0.05) is 29.8 Å². The molecule has 0 spiro atoms. The molecule has 0 saturated carbocycles. The van der Waals surface area contributed by atoms with Crippen molar-refractivity contribution in [3.63, 3.8) is 0 Å². The van der Waals surface area contributed by atoms with Crippen LogP contribution in [0, 0.1) is 12.7 Å². The summed E-state index contributed by atoms with van der Waals surface area (Å²) in [6.45, 7) is 3.48. The average molecular weight is 396 g/mol. The van der Waals surface area contributed by atoms with Gasteiger partial charge in [0.15, 0.2) is 0 Å². The van der Waals surface area contributed by atoms with Crippen molar-refractivity contribution in [2.75, 3.05) is 12.4 Å². The molecule has 27 heavy (non-hydrogen) atoms. The molecule has 0 bridgehead atoms. The first-order valence-corrected chi connectivity index (χ1v) is 8.54. The number of alkyl halides is 2. The number of methoxy groups -OCH3 is 1. The van der Waals surface area contributed by atoms with Gasteiger partial charge in [0.2, 0.25) is 5.88 Å². The molecule has 8 heteroatoms. The zero-order chi connectivity index (χ0) is 19.7. The molecule has 142 valence electrons. The first-order chi connectivity index (χ1) is 12.8. The zero-order valence-corrected chi connectivity index (χ0v) is 15.6. The fourth-order valence-corrected chi connectivity index (χ4v) is 3.12. The minimum atomic E-state index is -2.88. The van der Waals surface area contributed by atoms with E-state index in [0.717, 1.165) is 6.07 Å². The molecule has 0 fully saturated rings. The fraction of sp³-hybridized carbons (Fsp3) is 0.263. The van der Waals surface area contributed by atoms with Crippen LogP contribution in [0.15, 0.2) is 30.3 Å². The quantitative estimate of drug-likeness (QED) is 0.550. The largest absolute Gasteiger partial charge is 0.479 e. The number of nitrogens with one attached hydrogen (secondary N) is 1. The number of rotatable bonds is 5. The number of hydrogen-bond donors (Lipinski definition) is 1. The Balaban J connectivity index is 2.07. The maximum absolute atomic E-state index is 14.5. The van der Waals surface area contributed by atoms with Gasteiger partial charge in [-0.05, 0) is 26.0 Å². The summed E-state index contributed by atoms with van der Waals surface area (Å²) < 4.78 is 45.7. The standard InChI is InChI=1S/C19H17ClF3N3O/c1-9-7-14(13-8-15(20)26-19(27-3)17(13)24-9)25-10(2)11-5-4-6-12(16(11)21)18(22)23/h4-8,10,18H,1-3H3,(H,24,25)/t10-/m1/s1. The Morgan fingerprint density at radius 1 is 1.15 bits per heavy atom. The Bertz CT molecular complexity index is 998. The number of hydrogen-bond acceptors (Lipinski definition) is 4. The van der Waals surface area contributed by atoms with Gasteiger partial charge in [-0.3, -0.25) is 0 Å². The molecule has 1 N–H and O–H groups in total. The Hall–Kier alpha value is -2.54. The number of aromatic nitrogens is 2. The third-order valence-corrected chi connectivity index (χ3v) is 4.38. The van der Waals surface area contributed by atoms with E-state index in [1.807, 2.05) is 0 Å². The fourth-order valence-electron chi connectivity index (χ4n) is 2.94. The molecule has 0 aliphatic rings. The normalized spacial score (nSPS) is 12.4. The van der Waals surface area contributed by atoms with Gasteiger partial charge in [-0.2, -0.15) is 4.98 Å². The first-order valence-electron chi connectivity index (χ1n) is 8.16. The minimum absolute atomic E-state index is 0.141. The van der Waals surface area contributed by atoms with E-state index < -0.39 is 23.8 Å². The van der Waals surface area contributed by atoms with Crippen LogP contribution >= 0.6 is 11.6 Å². The molecule has 0 amide bonds. The van der Waals surface area contributed by atoms with Gasteiger partial charge in [0, 0.05) is 22.3 Å². The van der Waals surface area contributed by atoms with E-state index in [9.17, 15) is 13.2 Å². The molecule has 0 radical (unpaired) electrons. The summed E-state index contributed by atoms with van der Waals surface area (Å²) >= 11 is 6.06. The Labute approximate surface area is 159 Å². The topological polar surface area (TPSA) is 47.0 Å².